The number of amides is 2. The van der Waals surface area contributed by atoms with Crippen LogP contribution in [0.2, 0.25) is 0 Å². The van der Waals surface area contributed by atoms with Crippen LogP contribution in [0.5, 0.6) is 0 Å². The largest absolute Gasteiger partial charge is 0.343 e. The summed E-state index contributed by atoms with van der Waals surface area (Å²) in [4.78, 5) is 42.5. The Morgan fingerprint density at radius 1 is 1.12 bits per heavy atom. The first kappa shape index (κ1) is 18.3. The molecular weight excluding hydrogens is 350 g/mol. The van der Waals surface area contributed by atoms with Gasteiger partial charge in [0.2, 0.25) is 11.8 Å². The van der Waals surface area contributed by atoms with Gasteiger partial charge in [-0.2, -0.15) is 0 Å². The van der Waals surface area contributed by atoms with Crippen molar-refractivity contribution in [1.29, 1.82) is 0 Å². The Morgan fingerprint density at radius 2 is 1.85 bits per heavy atom. The minimum absolute atomic E-state index is 0.0170. The molecule has 0 atom stereocenters. The molecule has 0 radical (unpaired) electrons. The number of carbonyl (C=O) groups is 3. The predicted molar refractivity (Wildman–Crippen MR) is 100 cm³/mol. The van der Waals surface area contributed by atoms with Crippen molar-refractivity contribution in [2.45, 2.75) is 25.7 Å². The van der Waals surface area contributed by atoms with Crippen molar-refractivity contribution in [2.24, 2.45) is 5.92 Å². The molecule has 136 valence electrons. The Kier molecular flexibility index (Phi) is 6.12. The van der Waals surface area contributed by atoms with Gasteiger partial charge in [-0.15, -0.1) is 11.3 Å². The van der Waals surface area contributed by atoms with Crippen molar-refractivity contribution in [2.75, 3.05) is 18.4 Å². The molecule has 26 heavy (non-hydrogen) atoms. The lowest BCUT2D eigenvalue weighted by Gasteiger charge is -2.31. The molecule has 1 aliphatic rings. The van der Waals surface area contributed by atoms with E-state index in [1.165, 1.54) is 11.3 Å². The Morgan fingerprint density at radius 3 is 2.50 bits per heavy atom. The minimum Gasteiger partial charge on any atom is -0.343 e. The highest BCUT2D eigenvalue weighted by atomic mass is 32.1. The van der Waals surface area contributed by atoms with E-state index in [2.05, 4.69) is 10.3 Å². The SMILES string of the molecule is O=C(CCC(=O)N1CCC(C(=O)Nc2nccs2)CC1)c1ccccc1. The number of Topliss-reactive ketones (excluding diaryl/α,β-unsaturated/α-hetero) is 1. The van der Waals surface area contributed by atoms with E-state index in [0.29, 0.717) is 36.6 Å². The van der Waals surface area contributed by atoms with E-state index in [-0.39, 0.29) is 36.4 Å². The highest BCUT2D eigenvalue weighted by Gasteiger charge is 2.27. The van der Waals surface area contributed by atoms with Gasteiger partial charge in [-0.05, 0) is 12.8 Å². The number of nitrogens with one attached hydrogen (secondary N) is 1. The maximum atomic E-state index is 12.3. The summed E-state index contributed by atoms with van der Waals surface area (Å²) in [5, 5.41) is 5.23. The quantitative estimate of drug-likeness (QED) is 0.792. The molecule has 0 aliphatic carbocycles. The third kappa shape index (κ3) is 4.76. The van der Waals surface area contributed by atoms with Gasteiger partial charge in [-0.1, -0.05) is 30.3 Å². The molecule has 1 aliphatic heterocycles. The predicted octanol–water partition coefficient (Wildman–Crippen LogP) is 2.98. The van der Waals surface area contributed by atoms with Gasteiger partial charge in [0.1, 0.15) is 0 Å². The van der Waals surface area contributed by atoms with Crippen molar-refractivity contribution in [3.05, 3.63) is 47.5 Å². The van der Waals surface area contributed by atoms with Gasteiger partial charge < -0.3 is 10.2 Å². The molecule has 1 aromatic carbocycles. The van der Waals surface area contributed by atoms with Crippen LogP contribution in [0.15, 0.2) is 41.9 Å². The Hall–Kier alpha value is -2.54. The Labute approximate surface area is 156 Å². The van der Waals surface area contributed by atoms with Crippen LogP contribution in [0.1, 0.15) is 36.0 Å². The topological polar surface area (TPSA) is 79.4 Å². The van der Waals surface area contributed by atoms with E-state index >= 15 is 0 Å². The number of carbonyl (C=O) groups excluding carboxylic acids is 3. The molecule has 2 amide bonds. The lowest BCUT2D eigenvalue weighted by molar-refractivity contribution is -0.134. The lowest BCUT2D eigenvalue weighted by Crippen LogP contribution is -2.41. The second kappa shape index (κ2) is 8.71. The fraction of sp³-hybridized carbons (Fsp3) is 0.368. The third-order valence-corrected chi connectivity index (χ3v) is 5.23. The van der Waals surface area contributed by atoms with Crippen LogP contribution < -0.4 is 5.32 Å². The Balaban J connectivity index is 1.42. The number of anilines is 1. The maximum absolute atomic E-state index is 12.3. The van der Waals surface area contributed by atoms with Crippen LogP contribution in [0, 0.1) is 5.92 Å². The summed E-state index contributed by atoms with van der Waals surface area (Å²) in [7, 11) is 0. The second-order valence-corrected chi connectivity index (χ2v) is 7.17. The first-order chi connectivity index (χ1) is 12.6. The molecule has 0 saturated carbocycles. The normalized spacial score (nSPS) is 14.8. The van der Waals surface area contributed by atoms with Crippen LogP contribution in [-0.4, -0.2) is 40.6 Å². The molecule has 0 unspecified atom stereocenters. The summed E-state index contributed by atoms with van der Waals surface area (Å²) in [6, 6.07) is 9.02. The molecule has 3 rings (SSSR count). The number of piperidine rings is 1. The van der Waals surface area contributed by atoms with Crippen molar-refractivity contribution >= 4 is 34.1 Å². The second-order valence-electron chi connectivity index (χ2n) is 6.27. The smallest absolute Gasteiger partial charge is 0.229 e. The van der Waals surface area contributed by atoms with Gasteiger partial charge >= 0.3 is 0 Å². The lowest BCUT2D eigenvalue weighted by atomic mass is 9.95. The van der Waals surface area contributed by atoms with Gasteiger partial charge in [-0.3, -0.25) is 14.4 Å². The number of aromatic nitrogens is 1. The zero-order valence-electron chi connectivity index (χ0n) is 14.4. The standard InChI is InChI=1S/C19H21N3O3S/c23-16(14-4-2-1-3-5-14)6-7-17(24)22-11-8-15(9-12-22)18(25)21-19-20-10-13-26-19/h1-5,10,13,15H,6-9,11-12H2,(H,20,21,25). The fourth-order valence-electron chi connectivity index (χ4n) is 3.03. The third-order valence-electron chi connectivity index (χ3n) is 4.54. The molecule has 1 N–H and O–H groups in total. The van der Waals surface area contributed by atoms with Crippen LogP contribution in [-0.2, 0) is 9.59 Å². The molecule has 7 heteroatoms. The molecule has 0 bridgehead atoms. The van der Waals surface area contributed by atoms with Gasteiger partial charge in [0.25, 0.3) is 0 Å². The molecule has 2 aromatic rings. The number of benzene rings is 1. The summed E-state index contributed by atoms with van der Waals surface area (Å²) < 4.78 is 0. The van der Waals surface area contributed by atoms with E-state index in [1.54, 1.807) is 23.2 Å². The monoisotopic (exact) mass is 371 g/mol. The van der Waals surface area contributed by atoms with Gasteiger partial charge in [0.15, 0.2) is 10.9 Å². The molecule has 1 saturated heterocycles. The van der Waals surface area contributed by atoms with Crippen LogP contribution in [0.4, 0.5) is 5.13 Å². The molecule has 2 heterocycles. The number of likely N-dealkylation sites (tertiary alicyclic amines) is 1. The maximum Gasteiger partial charge on any atom is 0.229 e. The van der Waals surface area contributed by atoms with Crippen molar-refractivity contribution in [3.8, 4) is 0 Å². The average Bonchev–Trinajstić information content (AvgIpc) is 3.19. The van der Waals surface area contributed by atoms with Gasteiger partial charge in [0, 0.05) is 49.0 Å². The fourth-order valence-corrected chi connectivity index (χ4v) is 3.56. The first-order valence-electron chi connectivity index (χ1n) is 8.70. The summed E-state index contributed by atoms with van der Waals surface area (Å²) >= 11 is 1.39. The number of thiazole rings is 1. The number of nitrogens with zero attached hydrogens (tertiary/aromatic N) is 2. The number of ketones is 1. The average molecular weight is 371 g/mol. The van der Waals surface area contributed by atoms with E-state index in [9.17, 15) is 14.4 Å². The number of hydrogen-bond acceptors (Lipinski definition) is 5. The van der Waals surface area contributed by atoms with Gasteiger partial charge in [0.05, 0.1) is 0 Å². The summed E-state index contributed by atoms with van der Waals surface area (Å²) in [6.45, 7) is 1.10. The van der Waals surface area contributed by atoms with Gasteiger partial charge in [-0.25, -0.2) is 4.98 Å². The van der Waals surface area contributed by atoms with Crippen molar-refractivity contribution in [3.63, 3.8) is 0 Å². The van der Waals surface area contributed by atoms with Crippen LogP contribution >= 0.6 is 11.3 Å². The van der Waals surface area contributed by atoms with E-state index in [0.717, 1.165) is 0 Å². The molecular formula is C19H21N3O3S. The van der Waals surface area contributed by atoms with Crippen molar-refractivity contribution < 1.29 is 14.4 Å². The Bertz CT molecular complexity index is 754. The molecule has 1 fully saturated rings. The zero-order chi connectivity index (χ0) is 18.4. The van der Waals surface area contributed by atoms with E-state index in [1.807, 2.05) is 23.6 Å². The number of rotatable bonds is 6. The van der Waals surface area contributed by atoms with E-state index < -0.39 is 0 Å². The summed E-state index contributed by atoms with van der Waals surface area (Å²) in [5.74, 6) is -0.176. The van der Waals surface area contributed by atoms with Crippen LogP contribution in [0.3, 0.4) is 0 Å². The first-order valence-corrected chi connectivity index (χ1v) is 9.58. The summed E-state index contributed by atoms with van der Waals surface area (Å²) in [5.41, 5.74) is 0.637. The molecule has 0 spiro atoms. The highest BCUT2D eigenvalue weighted by Crippen LogP contribution is 2.21. The highest BCUT2D eigenvalue weighted by molar-refractivity contribution is 7.13. The molecule has 6 nitrogen and oxygen atoms in total. The van der Waals surface area contributed by atoms with E-state index in [4.69, 9.17) is 0 Å². The summed E-state index contributed by atoms with van der Waals surface area (Å²) in [6.07, 6.45) is 3.35. The van der Waals surface area contributed by atoms with Crippen LogP contribution in [0.25, 0.3) is 0 Å². The number of hydrogen-bond donors (Lipinski definition) is 1. The zero-order valence-corrected chi connectivity index (χ0v) is 15.2. The minimum atomic E-state index is -0.103. The molecule has 1 aromatic heterocycles. The van der Waals surface area contributed by atoms with Crippen molar-refractivity contribution in [1.82, 2.24) is 9.88 Å².